The number of hydrogen-bond donors (Lipinski definition) is 1. The Kier molecular flexibility index (Phi) is 4.78. The van der Waals surface area contributed by atoms with E-state index >= 15 is 0 Å². The number of hydrogen-bond acceptors (Lipinski definition) is 5. The molecule has 1 unspecified atom stereocenters. The number of aromatic nitrogens is 2. The van der Waals surface area contributed by atoms with Gasteiger partial charge in [0.05, 0.1) is 15.5 Å². The van der Waals surface area contributed by atoms with Gasteiger partial charge in [-0.3, -0.25) is 9.78 Å². The molecule has 0 spiro atoms. The average Bonchev–Trinajstić information content (AvgIpc) is 3.28. The van der Waals surface area contributed by atoms with Crippen molar-refractivity contribution < 1.29 is 4.79 Å². The Balaban J connectivity index is 1.50. The van der Waals surface area contributed by atoms with Crippen LogP contribution in [0.5, 0.6) is 0 Å². The molecule has 1 atom stereocenters. The van der Waals surface area contributed by atoms with Gasteiger partial charge in [-0.25, -0.2) is 4.98 Å². The Hall–Kier alpha value is -2.02. The zero-order valence-corrected chi connectivity index (χ0v) is 17.0. The van der Waals surface area contributed by atoms with Crippen molar-refractivity contribution in [1.82, 2.24) is 20.2 Å². The third-order valence-electron chi connectivity index (χ3n) is 5.74. The fraction of sp³-hybridized carbons (Fsp3) is 0.381. The average molecular weight is 413 g/mol. The van der Waals surface area contributed by atoms with Crippen molar-refractivity contribution in [1.29, 1.82) is 0 Å². The zero-order valence-electron chi connectivity index (χ0n) is 15.4. The zero-order chi connectivity index (χ0) is 19.1. The van der Waals surface area contributed by atoms with Crippen molar-refractivity contribution in [2.24, 2.45) is 0 Å². The molecule has 0 radical (unpaired) electrons. The lowest BCUT2D eigenvalue weighted by atomic mass is 9.86. The molecular formula is C21H21ClN4OS. The Morgan fingerprint density at radius 3 is 2.93 bits per heavy atom. The van der Waals surface area contributed by atoms with Crippen LogP contribution in [0, 0.1) is 0 Å². The van der Waals surface area contributed by atoms with Crippen LogP contribution in [0.1, 0.15) is 39.0 Å². The summed E-state index contributed by atoms with van der Waals surface area (Å²) in [5.41, 5.74) is 3.70. The highest BCUT2D eigenvalue weighted by Gasteiger charge is 2.26. The Morgan fingerprint density at radius 2 is 2.14 bits per heavy atom. The maximum Gasteiger partial charge on any atom is 0.254 e. The van der Waals surface area contributed by atoms with Crippen LogP contribution in [0.2, 0.25) is 5.02 Å². The van der Waals surface area contributed by atoms with Crippen molar-refractivity contribution in [2.45, 2.75) is 25.2 Å². The van der Waals surface area contributed by atoms with Gasteiger partial charge in [0.15, 0.2) is 0 Å². The second kappa shape index (κ2) is 7.43. The van der Waals surface area contributed by atoms with Crippen molar-refractivity contribution in [3.63, 3.8) is 0 Å². The first-order valence-electron chi connectivity index (χ1n) is 9.71. The van der Waals surface area contributed by atoms with Crippen LogP contribution >= 0.6 is 22.9 Å². The van der Waals surface area contributed by atoms with Crippen LogP contribution in [0.25, 0.3) is 10.9 Å². The van der Waals surface area contributed by atoms with E-state index in [-0.39, 0.29) is 5.91 Å². The quantitative estimate of drug-likeness (QED) is 0.697. The molecule has 7 heteroatoms. The van der Waals surface area contributed by atoms with E-state index in [1.807, 2.05) is 34.7 Å². The first kappa shape index (κ1) is 18.0. The molecule has 1 aromatic carbocycles. The molecule has 5 rings (SSSR count). The molecule has 2 aromatic heterocycles. The summed E-state index contributed by atoms with van der Waals surface area (Å²) in [5, 5.41) is 8.21. The van der Waals surface area contributed by atoms with Crippen LogP contribution < -0.4 is 5.32 Å². The van der Waals surface area contributed by atoms with Gasteiger partial charge in [-0.15, -0.1) is 11.3 Å². The standard InChI is InChI=1S/C21H21ClN4OS/c22-19-15-3-1-13(20-24-7-10-28-20)11-17(15)25-18-12-14(2-4-16(18)19)21(27)26-8-5-23-6-9-26/h2,4,7,10,12-13,23H,1,3,5-6,8-9,11H2. The molecule has 5 nitrogen and oxygen atoms in total. The predicted molar refractivity (Wildman–Crippen MR) is 112 cm³/mol. The highest BCUT2D eigenvalue weighted by Crippen LogP contribution is 2.38. The number of fused-ring (bicyclic) bond motifs is 2. The molecule has 0 saturated carbocycles. The topological polar surface area (TPSA) is 58.1 Å². The molecule has 3 heterocycles. The van der Waals surface area contributed by atoms with Gasteiger partial charge >= 0.3 is 0 Å². The van der Waals surface area contributed by atoms with Crippen molar-refractivity contribution in [2.75, 3.05) is 26.2 Å². The minimum absolute atomic E-state index is 0.0692. The maximum atomic E-state index is 12.9. The van der Waals surface area contributed by atoms with Gasteiger partial charge in [-0.2, -0.15) is 0 Å². The molecule has 3 aromatic rings. The van der Waals surface area contributed by atoms with E-state index in [2.05, 4.69) is 10.3 Å². The predicted octanol–water partition coefficient (Wildman–Crippen LogP) is 3.66. The number of carbonyl (C=O) groups is 1. The van der Waals surface area contributed by atoms with E-state index in [4.69, 9.17) is 16.6 Å². The van der Waals surface area contributed by atoms with Gasteiger partial charge in [0, 0.05) is 60.3 Å². The van der Waals surface area contributed by atoms with Crippen LogP contribution in [-0.4, -0.2) is 47.0 Å². The molecule has 1 aliphatic carbocycles. The summed E-state index contributed by atoms with van der Waals surface area (Å²) in [7, 11) is 0. The Labute approximate surface area is 172 Å². The number of carbonyl (C=O) groups excluding carboxylic acids is 1. The van der Waals surface area contributed by atoms with Gasteiger partial charge < -0.3 is 10.2 Å². The first-order valence-corrected chi connectivity index (χ1v) is 11.0. The number of rotatable bonds is 2. The van der Waals surface area contributed by atoms with E-state index < -0.39 is 0 Å². The minimum atomic E-state index is 0.0692. The molecule has 1 saturated heterocycles. The summed E-state index contributed by atoms with van der Waals surface area (Å²) in [6.07, 6.45) is 4.69. The number of nitrogens with one attached hydrogen (secondary N) is 1. The highest BCUT2D eigenvalue weighted by molar-refractivity contribution is 7.09. The van der Waals surface area contributed by atoms with Gasteiger partial charge in [0.25, 0.3) is 5.91 Å². The second-order valence-electron chi connectivity index (χ2n) is 7.44. The molecule has 1 aliphatic heterocycles. The Morgan fingerprint density at radius 1 is 1.29 bits per heavy atom. The molecule has 1 amide bonds. The molecule has 144 valence electrons. The maximum absolute atomic E-state index is 12.9. The summed E-state index contributed by atoms with van der Waals surface area (Å²) in [6, 6.07) is 5.74. The van der Waals surface area contributed by atoms with Gasteiger partial charge in [-0.05, 0) is 37.0 Å². The minimum Gasteiger partial charge on any atom is -0.336 e. The molecule has 28 heavy (non-hydrogen) atoms. The largest absolute Gasteiger partial charge is 0.336 e. The normalized spacial score (nSPS) is 19.6. The SMILES string of the molecule is O=C(c1ccc2c(Cl)c3c(nc2c1)CC(c1nccs1)CC3)N1CCNCC1. The van der Waals surface area contributed by atoms with Crippen molar-refractivity contribution in [3.8, 4) is 0 Å². The number of nitrogens with zero attached hydrogens (tertiary/aromatic N) is 3. The fourth-order valence-corrected chi connectivity index (χ4v) is 5.36. The lowest BCUT2D eigenvalue weighted by Gasteiger charge is -2.27. The van der Waals surface area contributed by atoms with Crippen LogP contribution in [0.4, 0.5) is 0 Å². The summed E-state index contributed by atoms with van der Waals surface area (Å²) in [6.45, 7) is 3.17. The summed E-state index contributed by atoms with van der Waals surface area (Å²) < 4.78 is 0. The highest BCUT2D eigenvalue weighted by atomic mass is 35.5. The number of benzene rings is 1. The monoisotopic (exact) mass is 412 g/mol. The molecule has 1 fully saturated rings. The van der Waals surface area contributed by atoms with Crippen molar-refractivity contribution in [3.05, 3.63) is 56.6 Å². The molecular weight excluding hydrogens is 392 g/mol. The summed E-state index contributed by atoms with van der Waals surface area (Å²) in [5.74, 6) is 0.471. The van der Waals surface area contributed by atoms with Gasteiger partial charge in [0.2, 0.25) is 0 Å². The molecule has 1 N–H and O–H groups in total. The number of piperazine rings is 1. The van der Waals surface area contributed by atoms with Crippen LogP contribution in [0.3, 0.4) is 0 Å². The first-order chi connectivity index (χ1) is 13.7. The van der Waals surface area contributed by atoms with E-state index in [1.165, 1.54) is 5.01 Å². The van der Waals surface area contributed by atoms with E-state index in [0.29, 0.717) is 11.5 Å². The fourth-order valence-electron chi connectivity index (χ4n) is 4.22. The van der Waals surface area contributed by atoms with E-state index in [0.717, 1.165) is 72.6 Å². The van der Waals surface area contributed by atoms with E-state index in [9.17, 15) is 4.79 Å². The number of thiazole rings is 1. The molecule has 0 bridgehead atoms. The second-order valence-corrected chi connectivity index (χ2v) is 8.74. The Bertz CT molecular complexity index is 1030. The lowest BCUT2D eigenvalue weighted by Crippen LogP contribution is -2.46. The number of halogens is 1. The van der Waals surface area contributed by atoms with Crippen LogP contribution in [-0.2, 0) is 12.8 Å². The van der Waals surface area contributed by atoms with Gasteiger partial charge in [-0.1, -0.05) is 17.7 Å². The lowest BCUT2D eigenvalue weighted by molar-refractivity contribution is 0.0736. The van der Waals surface area contributed by atoms with E-state index in [1.54, 1.807) is 11.3 Å². The number of pyridine rings is 1. The summed E-state index contributed by atoms with van der Waals surface area (Å²) >= 11 is 8.46. The van der Waals surface area contributed by atoms with Crippen molar-refractivity contribution >= 4 is 39.7 Å². The number of amides is 1. The summed E-state index contributed by atoms with van der Waals surface area (Å²) in [4.78, 5) is 24.2. The van der Waals surface area contributed by atoms with Gasteiger partial charge in [0.1, 0.15) is 0 Å². The smallest absolute Gasteiger partial charge is 0.254 e. The third kappa shape index (κ3) is 3.19. The third-order valence-corrected chi connectivity index (χ3v) is 7.11. The van der Waals surface area contributed by atoms with Crippen LogP contribution in [0.15, 0.2) is 29.8 Å². The molecule has 2 aliphatic rings.